The van der Waals surface area contributed by atoms with E-state index >= 15 is 0 Å². The normalized spacial score (nSPS) is 11.3. The van der Waals surface area contributed by atoms with Gasteiger partial charge >= 0.3 is 0 Å². The Bertz CT molecular complexity index is 776. The van der Waals surface area contributed by atoms with Gasteiger partial charge < -0.3 is 9.88 Å². The molecule has 102 valence electrons. The van der Waals surface area contributed by atoms with Crippen LogP contribution in [0, 0.1) is 5.92 Å². The van der Waals surface area contributed by atoms with Gasteiger partial charge in [0.05, 0.1) is 17.4 Å². The maximum Gasteiger partial charge on any atom is 0.212 e. The lowest BCUT2D eigenvalue weighted by Gasteiger charge is -2.10. The molecule has 0 bridgehead atoms. The average Bonchev–Trinajstić information content (AvgIpc) is 2.83. The third-order valence-electron chi connectivity index (χ3n) is 3.21. The van der Waals surface area contributed by atoms with Gasteiger partial charge in [-0.2, -0.15) is 0 Å². The van der Waals surface area contributed by atoms with Gasteiger partial charge in [-0.3, -0.25) is 4.79 Å². The monoisotopic (exact) mass is 268 g/mol. The molecule has 1 aromatic carbocycles. The number of carbonyl (C=O) groups is 1. The first-order valence-electron chi connectivity index (χ1n) is 6.64. The predicted molar refractivity (Wildman–Crippen MR) is 79.6 cm³/mol. The van der Waals surface area contributed by atoms with Gasteiger partial charge in [0, 0.05) is 11.9 Å². The fourth-order valence-corrected chi connectivity index (χ4v) is 2.47. The van der Waals surface area contributed by atoms with Crippen LogP contribution in [0.4, 0.5) is 5.82 Å². The van der Waals surface area contributed by atoms with E-state index in [0.717, 1.165) is 28.5 Å². The molecule has 0 aliphatic rings. The highest BCUT2D eigenvalue weighted by Crippen LogP contribution is 2.28. The Kier molecular flexibility index (Phi) is 3.10. The SMILES string of the molecule is CC(C)Cn1cnc2c(NC=O)nc3ccccc3c21. The zero-order valence-corrected chi connectivity index (χ0v) is 11.5. The number of nitrogens with one attached hydrogen (secondary N) is 1. The topological polar surface area (TPSA) is 59.8 Å². The molecule has 0 unspecified atom stereocenters. The van der Waals surface area contributed by atoms with Crippen molar-refractivity contribution in [1.82, 2.24) is 14.5 Å². The second-order valence-corrected chi connectivity index (χ2v) is 5.23. The number of benzene rings is 1. The number of amides is 1. The minimum atomic E-state index is 0.510. The van der Waals surface area contributed by atoms with Crippen LogP contribution in [0.2, 0.25) is 0 Å². The number of fused-ring (bicyclic) bond motifs is 3. The third kappa shape index (κ3) is 2.01. The summed E-state index contributed by atoms with van der Waals surface area (Å²) in [4.78, 5) is 19.6. The van der Waals surface area contributed by atoms with Crippen molar-refractivity contribution in [2.75, 3.05) is 5.32 Å². The number of aromatic nitrogens is 3. The molecule has 20 heavy (non-hydrogen) atoms. The summed E-state index contributed by atoms with van der Waals surface area (Å²) in [5, 5.41) is 3.69. The first-order chi connectivity index (χ1) is 9.70. The van der Waals surface area contributed by atoms with Gasteiger partial charge in [-0.15, -0.1) is 0 Å². The van der Waals surface area contributed by atoms with Crippen molar-refractivity contribution >= 4 is 34.2 Å². The van der Waals surface area contributed by atoms with Crippen LogP contribution in [0.15, 0.2) is 30.6 Å². The molecule has 0 radical (unpaired) electrons. The maximum atomic E-state index is 10.8. The van der Waals surface area contributed by atoms with E-state index in [1.807, 2.05) is 30.6 Å². The molecule has 0 spiro atoms. The predicted octanol–water partition coefficient (Wildman–Crippen LogP) is 2.81. The van der Waals surface area contributed by atoms with Gasteiger partial charge in [0.25, 0.3) is 0 Å². The fraction of sp³-hybridized carbons (Fsp3) is 0.267. The van der Waals surface area contributed by atoms with Crippen LogP contribution in [0.3, 0.4) is 0 Å². The first kappa shape index (κ1) is 12.6. The van der Waals surface area contributed by atoms with Crippen LogP contribution in [-0.4, -0.2) is 20.9 Å². The van der Waals surface area contributed by atoms with Crippen LogP contribution in [0.25, 0.3) is 21.9 Å². The van der Waals surface area contributed by atoms with Gasteiger partial charge in [0.15, 0.2) is 5.82 Å². The standard InChI is InChI=1S/C15H16N4O/c1-10(2)7-19-8-16-13-14(19)11-5-3-4-6-12(11)18-15(13)17-9-20/h3-6,8-10H,7H2,1-2H3,(H,17,18,20). The molecule has 0 saturated heterocycles. The van der Waals surface area contributed by atoms with Crippen molar-refractivity contribution in [3.05, 3.63) is 30.6 Å². The highest BCUT2D eigenvalue weighted by Gasteiger charge is 2.13. The van der Waals surface area contributed by atoms with Crippen LogP contribution in [-0.2, 0) is 11.3 Å². The highest BCUT2D eigenvalue weighted by atomic mass is 16.1. The zero-order valence-electron chi connectivity index (χ0n) is 11.5. The number of hydrogen-bond donors (Lipinski definition) is 1. The summed E-state index contributed by atoms with van der Waals surface area (Å²) in [6, 6.07) is 7.91. The minimum Gasteiger partial charge on any atom is -0.330 e. The lowest BCUT2D eigenvalue weighted by atomic mass is 10.1. The summed E-state index contributed by atoms with van der Waals surface area (Å²) in [6.07, 6.45) is 2.45. The molecule has 1 amide bonds. The number of nitrogens with zero attached hydrogens (tertiary/aromatic N) is 3. The van der Waals surface area contributed by atoms with Crippen molar-refractivity contribution in [2.24, 2.45) is 5.92 Å². The third-order valence-corrected chi connectivity index (χ3v) is 3.21. The summed E-state index contributed by atoms with van der Waals surface area (Å²) in [5.41, 5.74) is 2.61. The van der Waals surface area contributed by atoms with Crippen molar-refractivity contribution in [3.63, 3.8) is 0 Å². The number of para-hydroxylation sites is 1. The van der Waals surface area contributed by atoms with E-state index in [1.54, 1.807) is 0 Å². The molecular weight excluding hydrogens is 252 g/mol. The van der Waals surface area contributed by atoms with Crippen LogP contribution >= 0.6 is 0 Å². The molecule has 0 saturated carbocycles. The zero-order chi connectivity index (χ0) is 14.1. The lowest BCUT2D eigenvalue weighted by Crippen LogP contribution is -2.04. The van der Waals surface area contributed by atoms with Crippen LogP contribution in [0.5, 0.6) is 0 Å². The van der Waals surface area contributed by atoms with E-state index in [1.165, 1.54) is 0 Å². The molecule has 0 aliphatic heterocycles. The van der Waals surface area contributed by atoms with E-state index in [-0.39, 0.29) is 0 Å². The molecule has 0 aliphatic carbocycles. The summed E-state index contributed by atoms with van der Waals surface area (Å²) < 4.78 is 2.12. The molecule has 0 fully saturated rings. The van der Waals surface area contributed by atoms with Gasteiger partial charge in [0.2, 0.25) is 6.41 Å². The van der Waals surface area contributed by atoms with E-state index in [2.05, 4.69) is 33.7 Å². The molecule has 3 rings (SSSR count). The average molecular weight is 268 g/mol. The van der Waals surface area contributed by atoms with E-state index in [4.69, 9.17) is 0 Å². The van der Waals surface area contributed by atoms with Crippen molar-refractivity contribution < 1.29 is 4.79 Å². The number of pyridine rings is 1. The molecule has 2 heterocycles. The van der Waals surface area contributed by atoms with Gasteiger partial charge in [0.1, 0.15) is 5.52 Å². The first-order valence-corrected chi connectivity index (χ1v) is 6.64. The van der Waals surface area contributed by atoms with E-state index < -0.39 is 0 Å². The highest BCUT2D eigenvalue weighted by molar-refractivity contribution is 6.07. The van der Waals surface area contributed by atoms with Crippen molar-refractivity contribution in [3.8, 4) is 0 Å². The molecule has 3 aromatic rings. The summed E-state index contributed by atoms with van der Waals surface area (Å²) in [7, 11) is 0. The summed E-state index contributed by atoms with van der Waals surface area (Å²) in [5.74, 6) is 1.03. The number of rotatable bonds is 4. The molecular formula is C15H16N4O. The second kappa shape index (κ2) is 4.92. The van der Waals surface area contributed by atoms with Crippen LogP contribution < -0.4 is 5.32 Å². The van der Waals surface area contributed by atoms with Crippen molar-refractivity contribution in [1.29, 1.82) is 0 Å². The Hall–Kier alpha value is -2.43. The smallest absolute Gasteiger partial charge is 0.212 e. The van der Waals surface area contributed by atoms with E-state index in [0.29, 0.717) is 18.1 Å². The number of imidazole rings is 1. The molecule has 2 aromatic heterocycles. The Labute approximate surface area is 116 Å². The number of anilines is 1. The Morgan fingerprint density at radius 3 is 2.90 bits per heavy atom. The van der Waals surface area contributed by atoms with Crippen LogP contribution in [0.1, 0.15) is 13.8 Å². The summed E-state index contributed by atoms with van der Waals surface area (Å²) >= 11 is 0. The van der Waals surface area contributed by atoms with Gasteiger partial charge in [-0.25, -0.2) is 9.97 Å². The molecule has 5 heteroatoms. The second-order valence-electron chi connectivity index (χ2n) is 5.23. The summed E-state index contributed by atoms with van der Waals surface area (Å²) in [6.45, 7) is 5.21. The van der Waals surface area contributed by atoms with Gasteiger partial charge in [-0.1, -0.05) is 32.0 Å². The quantitative estimate of drug-likeness (QED) is 0.740. The Balaban J connectivity index is 2.36. The number of carbonyl (C=O) groups excluding carboxylic acids is 1. The minimum absolute atomic E-state index is 0.510. The Morgan fingerprint density at radius 1 is 1.35 bits per heavy atom. The largest absolute Gasteiger partial charge is 0.330 e. The van der Waals surface area contributed by atoms with Gasteiger partial charge in [-0.05, 0) is 12.0 Å². The number of hydrogen-bond acceptors (Lipinski definition) is 3. The fourth-order valence-electron chi connectivity index (χ4n) is 2.47. The molecule has 1 N–H and O–H groups in total. The molecule has 0 atom stereocenters. The lowest BCUT2D eigenvalue weighted by molar-refractivity contribution is -0.105. The molecule has 5 nitrogen and oxygen atoms in total. The Morgan fingerprint density at radius 2 is 2.15 bits per heavy atom. The maximum absolute atomic E-state index is 10.8. The van der Waals surface area contributed by atoms with Crippen molar-refractivity contribution in [2.45, 2.75) is 20.4 Å². The van der Waals surface area contributed by atoms with E-state index in [9.17, 15) is 4.79 Å².